The minimum atomic E-state index is 0.273. The molecule has 0 amide bonds. The number of hydrogen-bond acceptors (Lipinski definition) is 4. The van der Waals surface area contributed by atoms with Crippen molar-refractivity contribution in [2.45, 2.75) is 63.2 Å². The van der Waals surface area contributed by atoms with Crippen molar-refractivity contribution in [1.82, 2.24) is 14.7 Å². The van der Waals surface area contributed by atoms with Crippen LogP contribution in [0.4, 0.5) is 0 Å². The highest BCUT2D eigenvalue weighted by molar-refractivity contribution is 5.04. The molecule has 4 atom stereocenters. The number of nitrogens with two attached hydrogens (primary N) is 1. The van der Waals surface area contributed by atoms with Gasteiger partial charge in [-0.3, -0.25) is 9.80 Å². The Bertz CT molecular complexity index is 335. The van der Waals surface area contributed by atoms with E-state index in [0.29, 0.717) is 12.1 Å². The normalized spacial score (nSPS) is 44.7. The molecule has 0 radical (unpaired) electrons. The van der Waals surface area contributed by atoms with Gasteiger partial charge in [-0.2, -0.15) is 0 Å². The Hall–Kier alpha value is -0.160. The largest absolute Gasteiger partial charge is 0.329 e. The Kier molecular flexibility index (Phi) is 4.10. The molecule has 0 aliphatic carbocycles. The molecule has 3 aliphatic heterocycles. The average Bonchev–Trinajstić information content (AvgIpc) is 2.91. The standard InChI is InChI=1S/C16H32N4/c1-13-10-20(11-14(2)18(13)3)16(12-17)6-8-19-7-4-5-15(19)9-16/h13-15H,4-12,17H2,1-3H3. The summed E-state index contributed by atoms with van der Waals surface area (Å²) in [6, 6.07) is 2.09. The number of fused-ring (bicyclic) bond motifs is 1. The lowest BCUT2D eigenvalue weighted by Gasteiger charge is -2.55. The van der Waals surface area contributed by atoms with E-state index >= 15 is 0 Å². The van der Waals surface area contributed by atoms with Crippen LogP contribution in [0, 0.1) is 0 Å². The van der Waals surface area contributed by atoms with Crippen molar-refractivity contribution in [3.05, 3.63) is 0 Å². The van der Waals surface area contributed by atoms with Crippen LogP contribution in [-0.2, 0) is 0 Å². The maximum absolute atomic E-state index is 6.30. The Morgan fingerprint density at radius 3 is 2.50 bits per heavy atom. The second-order valence-corrected chi connectivity index (χ2v) is 7.48. The van der Waals surface area contributed by atoms with Crippen LogP contribution < -0.4 is 5.73 Å². The molecule has 3 aliphatic rings. The van der Waals surface area contributed by atoms with Gasteiger partial charge in [-0.05, 0) is 53.1 Å². The maximum Gasteiger partial charge on any atom is 0.0360 e. The van der Waals surface area contributed by atoms with Gasteiger partial charge in [-0.1, -0.05) is 0 Å². The molecule has 0 bridgehead atoms. The second kappa shape index (κ2) is 5.56. The quantitative estimate of drug-likeness (QED) is 0.817. The van der Waals surface area contributed by atoms with Crippen LogP contribution in [-0.4, -0.2) is 78.1 Å². The van der Waals surface area contributed by atoms with E-state index in [9.17, 15) is 0 Å². The fourth-order valence-electron chi connectivity index (χ4n) is 4.71. The lowest BCUT2D eigenvalue weighted by molar-refractivity contribution is -0.0462. The zero-order valence-corrected chi connectivity index (χ0v) is 13.5. The van der Waals surface area contributed by atoms with E-state index in [0.717, 1.165) is 12.6 Å². The predicted molar refractivity (Wildman–Crippen MR) is 83.9 cm³/mol. The number of likely N-dealkylation sites (N-methyl/N-ethyl adjacent to an activating group) is 1. The van der Waals surface area contributed by atoms with Crippen molar-refractivity contribution in [2.24, 2.45) is 5.73 Å². The van der Waals surface area contributed by atoms with Crippen molar-refractivity contribution < 1.29 is 0 Å². The highest BCUT2D eigenvalue weighted by Crippen LogP contribution is 2.37. The van der Waals surface area contributed by atoms with Gasteiger partial charge in [-0.25, -0.2) is 0 Å². The van der Waals surface area contributed by atoms with Gasteiger partial charge in [0.2, 0.25) is 0 Å². The highest BCUT2D eigenvalue weighted by Gasteiger charge is 2.46. The van der Waals surface area contributed by atoms with Gasteiger partial charge in [0.15, 0.2) is 0 Å². The molecule has 3 rings (SSSR count). The van der Waals surface area contributed by atoms with E-state index in [4.69, 9.17) is 5.73 Å². The minimum absolute atomic E-state index is 0.273. The Balaban J connectivity index is 1.75. The zero-order chi connectivity index (χ0) is 14.3. The van der Waals surface area contributed by atoms with E-state index in [1.54, 1.807) is 0 Å². The fourth-order valence-corrected chi connectivity index (χ4v) is 4.71. The molecule has 0 spiro atoms. The third kappa shape index (κ3) is 2.41. The number of nitrogens with zero attached hydrogens (tertiary/aromatic N) is 3. The summed E-state index contributed by atoms with van der Waals surface area (Å²) >= 11 is 0. The SMILES string of the molecule is CC1CN(C2(CN)CCN3CCCC3C2)CC(C)N1C. The van der Waals surface area contributed by atoms with E-state index in [-0.39, 0.29) is 5.54 Å². The third-order valence-electron chi connectivity index (χ3n) is 6.39. The van der Waals surface area contributed by atoms with Gasteiger partial charge >= 0.3 is 0 Å². The van der Waals surface area contributed by atoms with Crippen LogP contribution in [0.3, 0.4) is 0 Å². The van der Waals surface area contributed by atoms with E-state index in [2.05, 4.69) is 35.6 Å². The number of piperidine rings is 1. The van der Waals surface area contributed by atoms with Crippen LogP contribution in [0.25, 0.3) is 0 Å². The first-order chi connectivity index (χ1) is 9.55. The molecule has 20 heavy (non-hydrogen) atoms. The molecule has 3 saturated heterocycles. The smallest absolute Gasteiger partial charge is 0.0360 e. The summed E-state index contributed by atoms with van der Waals surface area (Å²) in [7, 11) is 2.27. The van der Waals surface area contributed by atoms with Gasteiger partial charge in [0, 0.05) is 49.8 Å². The Morgan fingerprint density at radius 2 is 1.85 bits per heavy atom. The summed E-state index contributed by atoms with van der Waals surface area (Å²) in [4.78, 5) is 7.97. The zero-order valence-electron chi connectivity index (χ0n) is 13.5. The monoisotopic (exact) mass is 280 g/mol. The molecule has 0 aromatic carbocycles. The van der Waals surface area contributed by atoms with E-state index in [1.807, 2.05) is 0 Å². The Morgan fingerprint density at radius 1 is 1.15 bits per heavy atom. The summed E-state index contributed by atoms with van der Waals surface area (Å²) in [5.41, 5.74) is 6.58. The van der Waals surface area contributed by atoms with Crippen LogP contribution in [0.15, 0.2) is 0 Å². The van der Waals surface area contributed by atoms with E-state index < -0.39 is 0 Å². The highest BCUT2D eigenvalue weighted by atomic mass is 15.3. The summed E-state index contributed by atoms with van der Waals surface area (Å²) in [5.74, 6) is 0. The van der Waals surface area contributed by atoms with E-state index in [1.165, 1.54) is 51.9 Å². The lowest BCUT2D eigenvalue weighted by Crippen LogP contribution is -2.67. The van der Waals surface area contributed by atoms with Crippen LogP contribution in [0.1, 0.15) is 39.5 Å². The van der Waals surface area contributed by atoms with Crippen molar-refractivity contribution in [2.75, 3.05) is 39.8 Å². The predicted octanol–water partition coefficient (Wildman–Crippen LogP) is 0.967. The molecular weight excluding hydrogens is 248 g/mol. The molecule has 2 N–H and O–H groups in total. The molecule has 4 heteroatoms. The van der Waals surface area contributed by atoms with Gasteiger partial charge < -0.3 is 10.6 Å². The van der Waals surface area contributed by atoms with Gasteiger partial charge in [0.05, 0.1) is 0 Å². The van der Waals surface area contributed by atoms with Gasteiger partial charge in [-0.15, -0.1) is 0 Å². The molecule has 4 nitrogen and oxygen atoms in total. The molecule has 0 saturated carbocycles. The first-order valence-electron chi connectivity index (χ1n) is 8.47. The van der Waals surface area contributed by atoms with Crippen molar-refractivity contribution in [1.29, 1.82) is 0 Å². The van der Waals surface area contributed by atoms with Crippen molar-refractivity contribution in [3.63, 3.8) is 0 Å². The third-order valence-corrected chi connectivity index (χ3v) is 6.39. The minimum Gasteiger partial charge on any atom is -0.329 e. The topological polar surface area (TPSA) is 35.7 Å². The van der Waals surface area contributed by atoms with Gasteiger partial charge in [0.1, 0.15) is 0 Å². The second-order valence-electron chi connectivity index (χ2n) is 7.48. The number of piperazine rings is 1. The fraction of sp³-hybridized carbons (Fsp3) is 1.00. The summed E-state index contributed by atoms with van der Waals surface area (Å²) in [6.07, 6.45) is 5.34. The number of rotatable bonds is 2. The van der Waals surface area contributed by atoms with Crippen molar-refractivity contribution >= 4 is 0 Å². The van der Waals surface area contributed by atoms with Crippen molar-refractivity contribution in [3.8, 4) is 0 Å². The lowest BCUT2D eigenvalue weighted by atomic mass is 9.80. The molecular formula is C16H32N4. The first kappa shape index (κ1) is 14.8. The molecule has 0 aromatic rings. The Labute approximate surface area is 124 Å². The average molecular weight is 280 g/mol. The van der Waals surface area contributed by atoms with Crippen LogP contribution >= 0.6 is 0 Å². The first-order valence-corrected chi connectivity index (χ1v) is 8.47. The maximum atomic E-state index is 6.30. The van der Waals surface area contributed by atoms with Crippen LogP contribution in [0.2, 0.25) is 0 Å². The molecule has 4 unspecified atom stereocenters. The summed E-state index contributed by atoms with van der Waals surface area (Å²) < 4.78 is 0. The van der Waals surface area contributed by atoms with Gasteiger partial charge in [0.25, 0.3) is 0 Å². The molecule has 3 heterocycles. The number of hydrogen-bond donors (Lipinski definition) is 1. The molecule has 3 fully saturated rings. The molecule has 0 aromatic heterocycles. The summed E-state index contributed by atoms with van der Waals surface area (Å²) in [6.45, 7) is 10.5. The van der Waals surface area contributed by atoms with Crippen LogP contribution in [0.5, 0.6) is 0 Å². The molecule has 116 valence electrons. The summed E-state index contributed by atoms with van der Waals surface area (Å²) in [5, 5.41) is 0.